The minimum absolute atomic E-state index is 0.0561. The van der Waals surface area contributed by atoms with E-state index in [0.29, 0.717) is 0 Å². The fraction of sp³-hybridized carbons (Fsp3) is 0.400. The summed E-state index contributed by atoms with van der Waals surface area (Å²) in [5.74, 6) is -0.147. The van der Waals surface area contributed by atoms with Gasteiger partial charge in [0.25, 0.3) is 0 Å². The summed E-state index contributed by atoms with van der Waals surface area (Å²) in [6.07, 6.45) is -5.15. The highest BCUT2D eigenvalue weighted by Gasteiger charge is 2.43. The second kappa shape index (κ2) is 6.70. The predicted molar refractivity (Wildman–Crippen MR) is 85.5 cm³/mol. The van der Waals surface area contributed by atoms with Gasteiger partial charge in [0.15, 0.2) is 11.6 Å². The van der Waals surface area contributed by atoms with Crippen molar-refractivity contribution in [2.75, 3.05) is 11.4 Å². The van der Waals surface area contributed by atoms with Gasteiger partial charge in [0, 0.05) is 18.9 Å². The number of alkyl halides is 6. The second-order valence-electron chi connectivity index (χ2n) is 6.30. The van der Waals surface area contributed by atoms with Crippen LogP contribution in [-0.4, -0.2) is 53.2 Å². The zero-order valence-electron chi connectivity index (χ0n) is 14.4. The first kappa shape index (κ1) is 19.1. The number of fused-ring (bicyclic) bond motifs is 3. The highest BCUT2D eigenvalue weighted by molar-refractivity contribution is 5.62. The largest absolute Gasteiger partial charge is 0.391 e. The summed E-state index contributed by atoms with van der Waals surface area (Å²) in [5.41, 5.74) is 0.189. The van der Waals surface area contributed by atoms with Crippen molar-refractivity contribution in [2.45, 2.75) is 31.2 Å². The quantitative estimate of drug-likeness (QED) is 0.607. The summed E-state index contributed by atoms with van der Waals surface area (Å²) in [6.45, 7) is -0.732. The lowest BCUT2D eigenvalue weighted by molar-refractivity contribution is -0.141. The van der Waals surface area contributed by atoms with Gasteiger partial charge in [-0.05, 0) is 0 Å². The molecule has 0 unspecified atom stereocenters. The van der Waals surface area contributed by atoms with Crippen LogP contribution in [0.4, 0.5) is 32.2 Å². The van der Waals surface area contributed by atoms with Gasteiger partial charge in [0.2, 0.25) is 5.95 Å². The molecule has 8 nitrogen and oxygen atoms in total. The van der Waals surface area contributed by atoms with Crippen LogP contribution in [0.2, 0.25) is 0 Å². The van der Waals surface area contributed by atoms with Gasteiger partial charge in [-0.15, -0.1) is 10.2 Å². The number of imidazole rings is 1. The lowest BCUT2D eigenvalue weighted by Gasteiger charge is -2.37. The smallest absolute Gasteiger partial charge is 0.344 e. The van der Waals surface area contributed by atoms with E-state index in [1.54, 1.807) is 0 Å². The summed E-state index contributed by atoms with van der Waals surface area (Å²) in [5, 5.41) is 7.33. The molecule has 0 N–H and O–H groups in total. The third-order valence-corrected chi connectivity index (χ3v) is 4.31. The first-order valence-corrected chi connectivity index (χ1v) is 8.28. The maximum Gasteiger partial charge on any atom is 0.391 e. The molecule has 3 aromatic heterocycles. The molecule has 3 aromatic rings. The highest BCUT2D eigenvalue weighted by Crippen LogP contribution is 2.42. The Morgan fingerprint density at radius 1 is 1.03 bits per heavy atom. The molecule has 0 saturated heterocycles. The number of hydrogen-bond acceptors (Lipinski definition) is 6. The molecule has 4 heterocycles. The standard InChI is InChI=1S/C15H12F6N8/c16-14(17,18)1-3-28-9(5-15(19,20)21)12-26-24-8-29(12)10-6-23-13(25-11(10)28)27-4-2-22-7-27/h2,4,6-9H,1,3,5H2/t9-/m0/s1. The van der Waals surface area contributed by atoms with E-state index in [4.69, 9.17) is 0 Å². The molecule has 0 saturated carbocycles. The monoisotopic (exact) mass is 418 g/mol. The van der Waals surface area contributed by atoms with Crippen LogP contribution in [0.15, 0.2) is 31.2 Å². The van der Waals surface area contributed by atoms with Crippen molar-refractivity contribution < 1.29 is 26.3 Å². The Morgan fingerprint density at radius 2 is 1.83 bits per heavy atom. The van der Waals surface area contributed by atoms with E-state index >= 15 is 0 Å². The number of anilines is 1. The minimum Gasteiger partial charge on any atom is -0.344 e. The SMILES string of the molecule is FC(F)(F)CCN1c2nc(-n3ccnc3)ncc2-n2cnnc2[C@@H]1CC(F)(F)F. The van der Waals surface area contributed by atoms with Gasteiger partial charge < -0.3 is 4.90 Å². The molecular weight excluding hydrogens is 406 g/mol. The molecule has 1 atom stereocenters. The van der Waals surface area contributed by atoms with E-state index in [2.05, 4.69) is 25.1 Å². The maximum absolute atomic E-state index is 13.2. The molecule has 0 spiro atoms. The van der Waals surface area contributed by atoms with Gasteiger partial charge in [-0.3, -0.25) is 9.13 Å². The van der Waals surface area contributed by atoms with E-state index in [1.165, 1.54) is 40.4 Å². The summed E-state index contributed by atoms with van der Waals surface area (Å²) in [6, 6.07) is -1.52. The van der Waals surface area contributed by atoms with Gasteiger partial charge >= 0.3 is 12.4 Å². The van der Waals surface area contributed by atoms with Crippen LogP contribution in [0.3, 0.4) is 0 Å². The zero-order valence-corrected chi connectivity index (χ0v) is 14.4. The Bertz CT molecular complexity index is 993. The van der Waals surface area contributed by atoms with Crippen molar-refractivity contribution in [1.29, 1.82) is 0 Å². The third kappa shape index (κ3) is 3.86. The molecule has 0 fully saturated rings. The van der Waals surface area contributed by atoms with Crippen LogP contribution in [0.1, 0.15) is 24.7 Å². The van der Waals surface area contributed by atoms with E-state index in [0.717, 1.165) is 4.90 Å². The lowest BCUT2D eigenvalue weighted by atomic mass is 10.1. The molecule has 29 heavy (non-hydrogen) atoms. The third-order valence-electron chi connectivity index (χ3n) is 4.31. The van der Waals surface area contributed by atoms with Gasteiger partial charge in [-0.1, -0.05) is 0 Å². The van der Waals surface area contributed by atoms with Gasteiger partial charge in [-0.25, -0.2) is 9.97 Å². The van der Waals surface area contributed by atoms with Crippen LogP contribution < -0.4 is 4.90 Å². The first-order valence-electron chi connectivity index (χ1n) is 8.28. The normalized spacial score (nSPS) is 16.6. The van der Waals surface area contributed by atoms with Crippen molar-refractivity contribution in [3.63, 3.8) is 0 Å². The van der Waals surface area contributed by atoms with Crippen molar-refractivity contribution in [3.8, 4) is 11.6 Å². The molecule has 0 bridgehead atoms. The van der Waals surface area contributed by atoms with Gasteiger partial charge in [0.1, 0.15) is 18.3 Å². The van der Waals surface area contributed by atoms with Crippen molar-refractivity contribution >= 4 is 5.82 Å². The van der Waals surface area contributed by atoms with Crippen LogP contribution in [0.5, 0.6) is 0 Å². The fourth-order valence-electron chi connectivity index (χ4n) is 3.11. The summed E-state index contributed by atoms with van der Waals surface area (Å²) < 4.78 is 80.9. The Labute approximate surface area is 158 Å². The van der Waals surface area contributed by atoms with E-state index in [1.807, 2.05) is 0 Å². The molecular formula is C15H12F6N8. The van der Waals surface area contributed by atoms with Gasteiger partial charge in [0.05, 0.1) is 25.1 Å². The molecule has 14 heteroatoms. The van der Waals surface area contributed by atoms with Crippen molar-refractivity contribution in [2.24, 2.45) is 0 Å². The maximum atomic E-state index is 13.2. The molecule has 1 aliphatic heterocycles. The summed E-state index contributed by atoms with van der Waals surface area (Å²) >= 11 is 0. The van der Waals surface area contributed by atoms with Crippen LogP contribution >= 0.6 is 0 Å². The van der Waals surface area contributed by atoms with E-state index in [9.17, 15) is 26.3 Å². The number of aromatic nitrogens is 7. The van der Waals surface area contributed by atoms with Crippen LogP contribution in [-0.2, 0) is 0 Å². The number of halogens is 6. The van der Waals surface area contributed by atoms with E-state index < -0.39 is 37.8 Å². The van der Waals surface area contributed by atoms with E-state index in [-0.39, 0.29) is 23.3 Å². The Kier molecular flexibility index (Phi) is 4.42. The Balaban J connectivity index is 1.83. The number of rotatable bonds is 4. The second-order valence-corrected chi connectivity index (χ2v) is 6.30. The van der Waals surface area contributed by atoms with Crippen molar-refractivity contribution in [1.82, 2.24) is 34.3 Å². The molecule has 4 rings (SSSR count). The Hall–Kier alpha value is -3.19. The molecule has 154 valence electrons. The predicted octanol–water partition coefficient (Wildman–Crippen LogP) is 3.01. The molecule has 0 radical (unpaired) electrons. The topological polar surface area (TPSA) is 77.5 Å². The lowest BCUT2D eigenvalue weighted by Crippen LogP contribution is -2.40. The highest BCUT2D eigenvalue weighted by atomic mass is 19.4. The average Bonchev–Trinajstić information content (AvgIpc) is 3.30. The first-order chi connectivity index (χ1) is 13.6. The van der Waals surface area contributed by atoms with Crippen LogP contribution in [0.25, 0.3) is 11.6 Å². The minimum atomic E-state index is -4.64. The zero-order chi connectivity index (χ0) is 20.8. The summed E-state index contributed by atoms with van der Waals surface area (Å²) in [7, 11) is 0. The Morgan fingerprint density at radius 3 is 2.48 bits per heavy atom. The van der Waals surface area contributed by atoms with Gasteiger partial charge in [-0.2, -0.15) is 31.3 Å². The van der Waals surface area contributed by atoms with Crippen LogP contribution in [0, 0.1) is 0 Å². The number of nitrogens with zero attached hydrogens (tertiary/aromatic N) is 8. The fourth-order valence-corrected chi connectivity index (χ4v) is 3.11. The number of hydrogen-bond donors (Lipinski definition) is 0. The molecule has 0 amide bonds. The molecule has 0 aliphatic carbocycles. The van der Waals surface area contributed by atoms with Crippen molar-refractivity contribution in [3.05, 3.63) is 37.1 Å². The average molecular weight is 418 g/mol. The molecule has 0 aromatic carbocycles. The summed E-state index contributed by atoms with van der Waals surface area (Å²) in [4.78, 5) is 13.1. The molecule has 1 aliphatic rings.